The second kappa shape index (κ2) is 5.53. The standard InChI is InChI=1S/C21H13ClO/c22-16-11-9-14(10-12-16)21(23)20-13-15-5-1-2-6-17(15)18-7-3-4-8-19(18)20/h1-13H. The lowest BCUT2D eigenvalue weighted by Gasteiger charge is -2.10. The van der Waals surface area contributed by atoms with Crippen molar-refractivity contribution in [2.75, 3.05) is 0 Å². The van der Waals surface area contributed by atoms with Crippen molar-refractivity contribution >= 4 is 38.9 Å². The molecule has 0 aliphatic carbocycles. The highest BCUT2D eigenvalue weighted by molar-refractivity contribution is 6.30. The van der Waals surface area contributed by atoms with Crippen LogP contribution >= 0.6 is 11.6 Å². The Morgan fingerprint density at radius 1 is 0.696 bits per heavy atom. The molecular weight excluding hydrogens is 304 g/mol. The lowest BCUT2D eigenvalue weighted by atomic mass is 9.93. The van der Waals surface area contributed by atoms with Crippen LogP contribution in [0.25, 0.3) is 21.5 Å². The molecule has 0 heterocycles. The fourth-order valence-electron chi connectivity index (χ4n) is 3.00. The molecule has 0 saturated heterocycles. The second-order valence-electron chi connectivity index (χ2n) is 5.53. The van der Waals surface area contributed by atoms with Gasteiger partial charge in [0.25, 0.3) is 0 Å². The molecule has 0 aliphatic heterocycles. The molecule has 0 spiro atoms. The summed E-state index contributed by atoms with van der Waals surface area (Å²) in [6.07, 6.45) is 0. The maximum absolute atomic E-state index is 13.0. The van der Waals surface area contributed by atoms with Gasteiger partial charge in [0.15, 0.2) is 5.78 Å². The molecule has 0 bridgehead atoms. The number of rotatable bonds is 2. The molecule has 0 aromatic heterocycles. The van der Waals surface area contributed by atoms with Gasteiger partial charge in [-0.3, -0.25) is 4.79 Å². The van der Waals surface area contributed by atoms with E-state index in [1.54, 1.807) is 24.3 Å². The number of hydrogen-bond acceptors (Lipinski definition) is 1. The van der Waals surface area contributed by atoms with Gasteiger partial charge in [0.2, 0.25) is 0 Å². The van der Waals surface area contributed by atoms with E-state index in [9.17, 15) is 4.79 Å². The number of halogens is 1. The molecule has 0 amide bonds. The summed E-state index contributed by atoms with van der Waals surface area (Å²) in [5.41, 5.74) is 1.37. The first-order chi connectivity index (χ1) is 11.2. The van der Waals surface area contributed by atoms with Crippen molar-refractivity contribution in [2.24, 2.45) is 0 Å². The first-order valence-electron chi connectivity index (χ1n) is 7.45. The van der Waals surface area contributed by atoms with Crippen molar-refractivity contribution < 1.29 is 4.79 Å². The van der Waals surface area contributed by atoms with Gasteiger partial charge in [0, 0.05) is 16.1 Å². The van der Waals surface area contributed by atoms with Crippen LogP contribution in [-0.2, 0) is 0 Å². The Hall–Kier alpha value is -2.64. The van der Waals surface area contributed by atoms with Gasteiger partial charge in [-0.25, -0.2) is 0 Å². The Balaban J connectivity index is 2.01. The van der Waals surface area contributed by atoms with Crippen LogP contribution < -0.4 is 0 Å². The third-order valence-electron chi connectivity index (χ3n) is 4.12. The fourth-order valence-corrected chi connectivity index (χ4v) is 3.12. The number of benzene rings is 4. The fraction of sp³-hybridized carbons (Fsp3) is 0. The topological polar surface area (TPSA) is 17.1 Å². The van der Waals surface area contributed by atoms with Gasteiger partial charge in [0.05, 0.1) is 0 Å². The molecule has 4 aromatic carbocycles. The highest BCUT2D eigenvalue weighted by Gasteiger charge is 2.14. The van der Waals surface area contributed by atoms with Crippen molar-refractivity contribution in [3.8, 4) is 0 Å². The third kappa shape index (κ3) is 2.39. The minimum Gasteiger partial charge on any atom is -0.289 e. The smallest absolute Gasteiger partial charge is 0.193 e. The van der Waals surface area contributed by atoms with Gasteiger partial charge in [-0.15, -0.1) is 0 Å². The van der Waals surface area contributed by atoms with Gasteiger partial charge in [-0.2, -0.15) is 0 Å². The molecule has 0 radical (unpaired) electrons. The largest absolute Gasteiger partial charge is 0.289 e. The van der Waals surface area contributed by atoms with E-state index in [0.717, 1.165) is 27.1 Å². The first-order valence-corrected chi connectivity index (χ1v) is 7.82. The van der Waals surface area contributed by atoms with E-state index < -0.39 is 0 Å². The Bertz CT molecular complexity index is 1030. The zero-order chi connectivity index (χ0) is 15.8. The number of ketones is 1. The number of carbonyl (C=O) groups is 1. The molecule has 0 atom stereocenters. The van der Waals surface area contributed by atoms with Crippen LogP contribution in [0.4, 0.5) is 0 Å². The number of carbonyl (C=O) groups excluding carboxylic acids is 1. The normalized spacial score (nSPS) is 11.0. The van der Waals surface area contributed by atoms with E-state index in [4.69, 9.17) is 11.6 Å². The number of hydrogen-bond donors (Lipinski definition) is 0. The summed E-state index contributed by atoms with van der Waals surface area (Å²) in [7, 11) is 0. The molecular formula is C21H13ClO. The molecule has 110 valence electrons. The summed E-state index contributed by atoms with van der Waals surface area (Å²) in [6.45, 7) is 0. The van der Waals surface area contributed by atoms with E-state index in [2.05, 4.69) is 12.1 Å². The maximum atomic E-state index is 13.0. The molecule has 23 heavy (non-hydrogen) atoms. The van der Waals surface area contributed by atoms with Crippen LogP contribution in [0, 0.1) is 0 Å². The van der Waals surface area contributed by atoms with Crippen molar-refractivity contribution in [1.82, 2.24) is 0 Å². The zero-order valence-electron chi connectivity index (χ0n) is 12.3. The number of fused-ring (bicyclic) bond motifs is 3. The summed E-state index contributed by atoms with van der Waals surface area (Å²) in [5, 5.41) is 4.94. The van der Waals surface area contributed by atoms with Crippen molar-refractivity contribution in [3.63, 3.8) is 0 Å². The summed E-state index contributed by atoms with van der Waals surface area (Å²) in [5.74, 6) is 0.0172. The second-order valence-corrected chi connectivity index (χ2v) is 5.96. The molecule has 4 rings (SSSR count). The lowest BCUT2D eigenvalue weighted by Crippen LogP contribution is -2.02. The highest BCUT2D eigenvalue weighted by atomic mass is 35.5. The van der Waals surface area contributed by atoms with Crippen LogP contribution in [0.15, 0.2) is 78.9 Å². The van der Waals surface area contributed by atoms with Gasteiger partial charge in [-0.1, -0.05) is 60.1 Å². The summed E-state index contributed by atoms with van der Waals surface area (Å²) in [6, 6.07) is 25.2. The molecule has 0 aliphatic rings. The Morgan fingerprint density at radius 3 is 2.04 bits per heavy atom. The minimum atomic E-state index is 0.0172. The summed E-state index contributed by atoms with van der Waals surface area (Å²) in [4.78, 5) is 13.0. The third-order valence-corrected chi connectivity index (χ3v) is 4.37. The summed E-state index contributed by atoms with van der Waals surface area (Å²) >= 11 is 5.92. The molecule has 0 unspecified atom stereocenters. The van der Waals surface area contributed by atoms with Crippen LogP contribution in [-0.4, -0.2) is 5.78 Å². The van der Waals surface area contributed by atoms with E-state index >= 15 is 0 Å². The SMILES string of the molecule is O=C(c1ccc(Cl)cc1)c1cc2ccccc2c2ccccc12. The quantitative estimate of drug-likeness (QED) is 0.333. The van der Waals surface area contributed by atoms with Crippen LogP contribution in [0.3, 0.4) is 0 Å². The van der Waals surface area contributed by atoms with Crippen LogP contribution in [0.1, 0.15) is 15.9 Å². The highest BCUT2D eigenvalue weighted by Crippen LogP contribution is 2.30. The van der Waals surface area contributed by atoms with Crippen LogP contribution in [0.2, 0.25) is 5.02 Å². The van der Waals surface area contributed by atoms with Crippen molar-refractivity contribution in [1.29, 1.82) is 0 Å². The van der Waals surface area contributed by atoms with E-state index in [-0.39, 0.29) is 5.78 Å². The predicted octanol–water partition coefficient (Wildman–Crippen LogP) is 5.88. The molecule has 0 fully saturated rings. The minimum absolute atomic E-state index is 0.0172. The summed E-state index contributed by atoms with van der Waals surface area (Å²) < 4.78 is 0. The molecule has 0 N–H and O–H groups in total. The molecule has 2 heteroatoms. The molecule has 0 saturated carbocycles. The monoisotopic (exact) mass is 316 g/mol. The Kier molecular flexibility index (Phi) is 3.36. The Labute approximate surface area is 139 Å². The van der Waals surface area contributed by atoms with Crippen molar-refractivity contribution in [2.45, 2.75) is 0 Å². The average Bonchev–Trinajstić information content (AvgIpc) is 2.61. The van der Waals surface area contributed by atoms with Gasteiger partial charge in [-0.05, 0) is 51.9 Å². The molecule has 4 aromatic rings. The van der Waals surface area contributed by atoms with E-state index in [0.29, 0.717) is 10.6 Å². The predicted molar refractivity (Wildman–Crippen MR) is 96.3 cm³/mol. The zero-order valence-corrected chi connectivity index (χ0v) is 13.0. The van der Waals surface area contributed by atoms with Gasteiger partial charge < -0.3 is 0 Å². The van der Waals surface area contributed by atoms with Crippen molar-refractivity contribution in [3.05, 3.63) is 95.0 Å². The van der Waals surface area contributed by atoms with Crippen LogP contribution in [0.5, 0.6) is 0 Å². The first kappa shape index (κ1) is 14.0. The average molecular weight is 317 g/mol. The lowest BCUT2D eigenvalue weighted by molar-refractivity contribution is 0.104. The molecule has 1 nitrogen and oxygen atoms in total. The van der Waals surface area contributed by atoms with Gasteiger partial charge in [0.1, 0.15) is 0 Å². The van der Waals surface area contributed by atoms with E-state index in [1.807, 2.05) is 42.5 Å². The Morgan fingerprint density at radius 2 is 1.30 bits per heavy atom. The van der Waals surface area contributed by atoms with Gasteiger partial charge >= 0.3 is 0 Å². The maximum Gasteiger partial charge on any atom is 0.193 e. The van der Waals surface area contributed by atoms with E-state index in [1.165, 1.54) is 0 Å².